The zero-order valence-electron chi connectivity index (χ0n) is 43.3. The van der Waals surface area contributed by atoms with Gasteiger partial charge in [0.15, 0.2) is 0 Å². The molecule has 6 heteroatoms. The molecule has 0 saturated heterocycles. The molecule has 3 aliphatic carbocycles. The zero-order chi connectivity index (χ0) is 49.0. The van der Waals surface area contributed by atoms with Gasteiger partial charge in [0.2, 0.25) is 0 Å². The molecule has 0 amide bonds. The Bertz CT molecular complexity index is 3700. The van der Waals surface area contributed by atoms with E-state index in [2.05, 4.69) is 47.3 Å². The second-order valence-electron chi connectivity index (χ2n) is 16.1. The van der Waals surface area contributed by atoms with E-state index < -0.39 is 60.4 Å². The number of benzene rings is 7. The number of para-hydroxylation sites is 4. The van der Waals surface area contributed by atoms with E-state index in [1.807, 2.05) is 66.9 Å². The largest absolute Gasteiger partial charge is 0.510 e. The van der Waals surface area contributed by atoms with Crippen LogP contribution in [0.5, 0.6) is 11.5 Å². The average Bonchev–Trinajstić information content (AvgIpc) is 3.95. The van der Waals surface area contributed by atoms with Crippen molar-refractivity contribution >= 4 is 32.8 Å². The minimum Gasteiger partial charge on any atom is -0.510 e. The fourth-order valence-electron chi connectivity index (χ4n) is 9.83. The summed E-state index contributed by atoms with van der Waals surface area (Å²) in [6.07, 6.45) is 12.8. The number of imidazole rings is 1. The summed E-state index contributed by atoms with van der Waals surface area (Å²) in [5, 5.41) is 2.09. The van der Waals surface area contributed by atoms with Gasteiger partial charge in [0, 0.05) is 44.3 Å². The average molecular weight is 992 g/mol. The Labute approximate surface area is 390 Å². The normalized spacial score (nSPS) is 19.3. The van der Waals surface area contributed by atoms with Gasteiger partial charge in [-0.25, -0.2) is 4.98 Å². The minimum absolute atomic E-state index is 0. The van der Waals surface area contributed by atoms with E-state index >= 15 is 0 Å². The van der Waals surface area contributed by atoms with Gasteiger partial charge in [-0.15, -0.1) is 29.7 Å². The predicted octanol–water partition coefficient (Wildman–Crippen LogP) is 13.1. The molecular weight excluding hydrogens is 940 g/mol. The molecule has 3 aromatic heterocycles. The third-order valence-corrected chi connectivity index (χ3v) is 12.8. The van der Waals surface area contributed by atoms with Crippen LogP contribution in [0.1, 0.15) is 57.8 Å². The molecule has 0 radical (unpaired) electrons. The number of ether oxygens (including phenoxy) is 1. The molecule has 0 unspecified atom stereocenters. The van der Waals surface area contributed by atoms with Crippen LogP contribution in [-0.2, 0) is 26.5 Å². The monoisotopic (exact) mass is 991 g/mol. The summed E-state index contributed by atoms with van der Waals surface area (Å²) in [4.78, 5) is 4.95. The maximum Gasteiger partial charge on any atom is 0.268 e. The Kier molecular flexibility index (Phi) is 7.33. The number of aromatic nitrogens is 4. The fourth-order valence-corrected chi connectivity index (χ4v) is 9.83. The smallest absolute Gasteiger partial charge is 0.268 e. The van der Waals surface area contributed by atoms with Crippen LogP contribution >= 0.6 is 0 Å². The van der Waals surface area contributed by atoms with Crippen molar-refractivity contribution in [2.24, 2.45) is 5.92 Å². The molecule has 7 aromatic carbocycles. The van der Waals surface area contributed by atoms with Crippen LogP contribution in [0.3, 0.4) is 0 Å². The van der Waals surface area contributed by atoms with Gasteiger partial charge in [0.05, 0.1) is 30.4 Å². The molecule has 62 heavy (non-hydrogen) atoms. The van der Waals surface area contributed by atoms with E-state index in [1.165, 1.54) is 44.1 Å². The van der Waals surface area contributed by atoms with Gasteiger partial charge < -0.3 is 13.9 Å². The first kappa shape index (κ1) is 28.9. The van der Waals surface area contributed by atoms with Gasteiger partial charge in [-0.3, -0.25) is 4.57 Å². The SMILES string of the molecule is [2H]c1c([2H])c([2H])c(-c2cccc(-c3c([2H])c([2H])c([2H])c([2H])c3[2H])c2-[n+]2[c-]n(-c3[c-]c(Oc4[c-]c5c(cc4)c4ccccc4n5-c4cc(C56CCC(CC5)CC6)ccn4)ccc3)c3ccccc32)c([2H])c1[2H].[Pt]. The number of fused-ring (bicyclic) bond motifs is 7. The minimum atomic E-state index is -0.566. The predicted molar refractivity (Wildman–Crippen MR) is 244 cm³/mol. The molecule has 0 N–H and O–H groups in total. The van der Waals surface area contributed by atoms with Crippen molar-refractivity contribution in [1.82, 2.24) is 14.1 Å². The van der Waals surface area contributed by atoms with Crippen molar-refractivity contribution in [2.75, 3.05) is 0 Å². The summed E-state index contributed by atoms with van der Waals surface area (Å²) in [7, 11) is 0. The Hall–Kier alpha value is -6.55. The Balaban J connectivity index is 0.00000560. The maximum absolute atomic E-state index is 9.02. The third-order valence-electron chi connectivity index (χ3n) is 12.8. The first-order valence-corrected chi connectivity index (χ1v) is 20.7. The third kappa shape index (κ3) is 6.50. The number of pyridine rings is 1. The van der Waals surface area contributed by atoms with Crippen LogP contribution < -0.4 is 9.30 Å². The zero-order valence-corrected chi connectivity index (χ0v) is 35.6. The molecule has 2 bridgehead atoms. The van der Waals surface area contributed by atoms with Gasteiger partial charge in [0.1, 0.15) is 5.82 Å². The molecule has 10 aromatic rings. The van der Waals surface area contributed by atoms with Gasteiger partial charge >= 0.3 is 0 Å². The molecule has 0 atom stereocenters. The Morgan fingerprint density at radius 3 is 2.06 bits per heavy atom. The molecule has 0 spiro atoms. The van der Waals surface area contributed by atoms with Gasteiger partial charge in [-0.2, -0.15) is 18.2 Å². The van der Waals surface area contributed by atoms with E-state index in [4.69, 9.17) is 23.4 Å². The van der Waals surface area contributed by atoms with Crippen molar-refractivity contribution < 1.29 is 44.1 Å². The van der Waals surface area contributed by atoms with E-state index in [0.29, 0.717) is 28.2 Å². The first-order chi connectivity index (χ1) is 34.3. The molecule has 3 saturated carbocycles. The van der Waals surface area contributed by atoms with E-state index in [0.717, 1.165) is 33.5 Å². The van der Waals surface area contributed by atoms with Crippen molar-refractivity contribution in [3.05, 3.63) is 200 Å². The van der Waals surface area contributed by atoms with E-state index in [-0.39, 0.29) is 54.4 Å². The van der Waals surface area contributed by atoms with Crippen LogP contribution in [0.25, 0.3) is 72.3 Å². The number of hydrogen-bond donors (Lipinski definition) is 0. The Morgan fingerprint density at radius 2 is 1.32 bits per heavy atom. The van der Waals surface area contributed by atoms with Gasteiger partial charge in [0.25, 0.3) is 6.33 Å². The molecular formula is C56H42N4OPt-2. The molecule has 304 valence electrons. The quantitative estimate of drug-likeness (QED) is 0.112. The van der Waals surface area contributed by atoms with Crippen LogP contribution in [0.15, 0.2) is 176 Å². The summed E-state index contributed by atoms with van der Waals surface area (Å²) >= 11 is 0. The maximum atomic E-state index is 9.02. The van der Waals surface area contributed by atoms with Gasteiger partial charge in [-0.05, 0) is 107 Å². The summed E-state index contributed by atoms with van der Waals surface area (Å²) in [5.74, 6) is 2.53. The molecule has 3 fully saturated rings. The number of nitrogens with zero attached hydrogens (tertiary/aromatic N) is 4. The van der Waals surface area contributed by atoms with Crippen LogP contribution in [0.4, 0.5) is 0 Å². The van der Waals surface area contributed by atoms with Crippen molar-refractivity contribution in [2.45, 2.75) is 43.9 Å². The molecule has 3 heterocycles. The number of hydrogen-bond acceptors (Lipinski definition) is 2. The summed E-state index contributed by atoms with van der Waals surface area (Å²) in [6.45, 7) is 0. The summed E-state index contributed by atoms with van der Waals surface area (Å²) in [5.41, 5.74) is 5.28. The van der Waals surface area contributed by atoms with Crippen LogP contribution in [0, 0.1) is 24.4 Å². The number of rotatable bonds is 8. The molecule has 5 nitrogen and oxygen atoms in total. The molecule has 13 rings (SSSR count). The van der Waals surface area contributed by atoms with E-state index in [9.17, 15) is 0 Å². The van der Waals surface area contributed by atoms with Crippen LogP contribution in [0.2, 0.25) is 0 Å². The first-order valence-electron chi connectivity index (χ1n) is 25.7. The topological polar surface area (TPSA) is 35.9 Å². The van der Waals surface area contributed by atoms with E-state index in [1.54, 1.807) is 33.4 Å². The summed E-state index contributed by atoms with van der Waals surface area (Å²) in [6, 6.07) is 36.1. The van der Waals surface area contributed by atoms with Crippen molar-refractivity contribution in [1.29, 1.82) is 0 Å². The van der Waals surface area contributed by atoms with Gasteiger partial charge in [-0.1, -0.05) is 127 Å². The molecule has 3 aliphatic rings. The van der Waals surface area contributed by atoms with Crippen LogP contribution in [-0.4, -0.2) is 14.1 Å². The molecule has 0 aliphatic heterocycles. The standard InChI is InChI=1S/C56H42N4O.Pt/c1-3-13-40(14-4-1)46-20-12-21-47(41-15-5-2-6-16-41)55(46)59-38-58(51-23-9-10-24-52(51)59)43-17-11-18-44(36-43)61-45-25-26-49-48-19-7-8-22-50(48)60(53(49)37-45)54-35-42(30-34-57-54)56-31-27-39(28-32-56)29-33-56;/h1-26,30,34-35,39H,27-29,31-33H2;/q-2;/i1D,2D,3D,4D,5D,6D,13D,14D,15D,16D;. The fraction of sp³-hybridized carbons (Fsp3) is 0.143. The Morgan fingerprint density at radius 1 is 0.661 bits per heavy atom. The second-order valence-corrected chi connectivity index (χ2v) is 16.1. The van der Waals surface area contributed by atoms with Crippen molar-refractivity contribution in [3.8, 4) is 50.9 Å². The second kappa shape index (κ2) is 15.7. The van der Waals surface area contributed by atoms with Crippen molar-refractivity contribution in [3.63, 3.8) is 0 Å². The summed E-state index contributed by atoms with van der Waals surface area (Å²) < 4.78 is 99.1.